The summed E-state index contributed by atoms with van der Waals surface area (Å²) in [5, 5.41) is 3.56. The van der Waals surface area contributed by atoms with Gasteiger partial charge in [-0.15, -0.1) is 11.6 Å². The molecule has 19 heavy (non-hydrogen) atoms. The number of alkyl halides is 1. The molecule has 1 rings (SSSR count). The van der Waals surface area contributed by atoms with Crippen LogP contribution in [-0.4, -0.2) is 17.8 Å². The number of halogens is 3. The summed E-state index contributed by atoms with van der Waals surface area (Å²) in [6.07, 6.45) is 0.735. The molecule has 0 bridgehead atoms. The molecule has 0 spiro atoms. The fourth-order valence-electron chi connectivity index (χ4n) is 1.76. The Morgan fingerprint density at radius 2 is 2.00 bits per heavy atom. The van der Waals surface area contributed by atoms with Crippen molar-refractivity contribution < 1.29 is 4.79 Å². The lowest BCUT2D eigenvalue weighted by Gasteiger charge is -2.31. The normalized spacial score (nSPS) is 13.2. The fraction of sp³-hybridized carbons (Fsp3) is 0.500. The average Bonchev–Trinajstić information content (AvgIpc) is 2.25. The van der Waals surface area contributed by atoms with Crippen LogP contribution in [0.2, 0.25) is 5.02 Å². The predicted octanol–water partition coefficient (Wildman–Crippen LogP) is 4.88. The Morgan fingerprint density at radius 1 is 1.37 bits per heavy atom. The van der Waals surface area contributed by atoms with Crippen LogP contribution in [0, 0.1) is 5.41 Å². The lowest BCUT2D eigenvalue weighted by atomic mass is 9.85. The zero-order valence-electron chi connectivity index (χ0n) is 11.3. The molecule has 0 aromatic heterocycles. The second kappa shape index (κ2) is 6.96. The molecule has 0 aliphatic heterocycles. The van der Waals surface area contributed by atoms with Crippen LogP contribution >= 0.6 is 39.1 Å². The van der Waals surface area contributed by atoms with E-state index >= 15 is 0 Å². The molecule has 1 aromatic carbocycles. The molecule has 0 aliphatic carbocycles. The van der Waals surface area contributed by atoms with E-state index in [-0.39, 0.29) is 17.4 Å². The molecule has 2 nitrogen and oxygen atoms in total. The fourth-order valence-corrected chi connectivity index (χ4v) is 2.84. The Kier molecular flexibility index (Phi) is 6.15. The van der Waals surface area contributed by atoms with Crippen LogP contribution in [0.5, 0.6) is 0 Å². The second-order valence-electron chi connectivity index (χ2n) is 5.53. The van der Waals surface area contributed by atoms with Crippen molar-refractivity contribution in [1.29, 1.82) is 0 Å². The van der Waals surface area contributed by atoms with Gasteiger partial charge in [-0.2, -0.15) is 0 Å². The molecule has 1 unspecified atom stereocenters. The van der Waals surface area contributed by atoms with Gasteiger partial charge in [-0.05, 0) is 30.0 Å². The van der Waals surface area contributed by atoms with Crippen molar-refractivity contribution in [3.8, 4) is 0 Å². The minimum Gasteiger partial charge on any atom is -0.349 e. The first-order valence-corrected chi connectivity index (χ1v) is 7.77. The van der Waals surface area contributed by atoms with E-state index in [9.17, 15) is 4.79 Å². The lowest BCUT2D eigenvalue weighted by molar-refractivity contribution is 0.0900. The highest BCUT2D eigenvalue weighted by Gasteiger charge is 2.26. The maximum atomic E-state index is 12.2. The monoisotopic (exact) mass is 365 g/mol. The molecule has 0 saturated heterocycles. The zero-order chi connectivity index (χ0) is 14.6. The van der Waals surface area contributed by atoms with Crippen LogP contribution in [0.25, 0.3) is 0 Å². The SMILES string of the molecule is CC(C)(C)C(CCCl)NC(=O)c1cc(Cl)cc(Br)c1. The van der Waals surface area contributed by atoms with Gasteiger partial charge in [-0.25, -0.2) is 0 Å². The molecule has 0 heterocycles. The Bertz CT molecular complexity index is 437. The highest BCUT2D eigenvalue weighted by molar-refractivity contribution is 9.10. The first-order valence-electron chi connectivity index (χ1n) is 6.07. The molecule has 0 aliphatic rings. The van der Waals surface area contributed by atoms with E-state index in [0.29, 0.717) is 16.5 Å². The van der Waals surface area contributed by atoms with Gasteiger partial charge in [-0.1, -0.05) is 48.3 Å². The Labute approximate surface area is 133 Å². The Hall–Kier alpha value is -0.250. The average molecular weight is 367 g/mol. The van der Waals surface area contributed by atoms with Crippen LogP contribution < -0.4 is 5.32 Å². The summed E-state index contributed by atoms with van der Waals surface area (Å²) in [5.41, 5.74) is 0.503. The van der Waals surface area contributed by atoms with Crippen molar-refractivity contribution >= 4 is 45.0 Å². The van der Waals surface area contributed by atoms with Crippen LogP contribution in [0.15, 0.2) is 22.7 Å². The zero-order valence-corrected chi connectivity index (χ0v) is 14.4. The number of nitrogens with one attached hydrogen (secondary N) is 1. The number of carbonyl (C=O) groups is 1. The van der Waals surface area contributed by atoms with Gasteiger partial charge in [-0.3, -0.25) is 4.79 Å². The molecule has 106 valence electrons. The van der Waals surface area contributed by atoms with Gasteiger partial charge in [0.25, 0.3) is 5.91 Å². The van der Waals surface area contributed by atoms with Gasteiger partial charge in [0.15, 0.2) is 0 Å². The van der Waals surface area contributed by atoms with E-state index in [1.165, 1.54) is 0 Å². The third-order valence-corrected chi connectivity index (χ3v) is 3.77. The van der Waals surface area contributed by atoms with E-state index in [1.807, 2.05) is 0 Å². The molecule has 1 N–H and O–H groups in total. The van der Waals surface area contributed by atoms with E-state index in [4.69, 9.17) is 23.2 Å². The molecule has 1 atom stereocenters. The highest BCUT2D eigenvalue weighted by atomic mass is 79.9. The minimum absolute atomic E-state index is 0.0234. The summed E-state index contributed by atoms with van der Waals surface area (Å²) in [4.78, 5) is 12.2. The van der Waals surface area contributed by atoms with Crippen molar-refractivity contribution in [3.63, 3.8) is 0 Å². The van der Waals surface area contributed by atoms with Crippen LogP contribution in [0.3, 0.4) is 0 Å². The number of benzene rings is 1. The Balaban J connectivity index is 2.87. The van der Waals surface area contributed by atoms with Gasteiger partial charge in [0.2, 0.25) is 0 Å². The lowest BCUT2D eigenvalue weighted by Crippen LogP contribution is -2.44. The summed E-state index contributed by atoms with van der Waals surface area (Å²) in [5.74, 6) is 0.384. The second-order valence-corrected chi connectivity index (χ2v) is 7.26. The van der Waals surface area contributed by atoms with Crippen LogP contribution in [0.1, 0.15) is 37.6 Å². The maximum Gasteiger partial charge on any atom is 0.251 e. The van der Waals surface area contributed by atoms with Crippen LogP contribution in [0.4, 0.5) is 0 Å². The van der Waals surface area contributed by atoms with E-state index in [1.54, 1.807) is 18.2 Å². The van der Waals surface area contributed by atoms with Gasteiger partial charge in [0.05, 0.1) is 0 Å². The predicted molar refractivity (Wildman–Crippen MR) is 85.2 cm³/mol. The smallest absolute Gasteiger partial charge is 0.251 e. The summed E-state index contributed by atoms with van der Waals surface area (Å²) in [6, 6.07) is 5.18. The Morgan fingerprint density at radius 3 is 2.47 bits per heavy atom. The molecule has 5 heteroatoms. The summed E-state index contributed by atoms with van der Waals surface area (Å²) < 4.78 is 0.787. The quantitative estimate of drug-likeness (QED) is 0.756. The molecular weight excluding hydrogens is 349 g/mol. The van der Waals surface area contributed by atoms with Crippen molar-refractivity contribution in [1.82, 2.24) is 5.32 Å². The van der Waals surface area contributed by atoms with E-state index in [2.05, 4.69) is 42.0 Å². The van der Waals surface area contributed by atoms with Crippen molar-refractivity contribution in [2.45, 2.75) is 33.2 Å². The van der Waals surface area contributed by atoms with Gasteiger partial charge in [0.1, 0.15) is 0 Å². The van der Waals surface area contributed by atoms with Crippen molar-refractivity contribution in [2.24, 2.45) is 5.41 Å². The number of hydrogen-bond acceptors (Lipinski definition) is 1. The molecule has 0 fully saturated rings. The van der Waals surface area contributed by atoms with Crippen LogP contribution in [-0.2, 0) is 0 Å². The van der Waals surface area contributed by atoms with Gasteiger partial charge < -0.3 is 5.32 Å². The van der Waals surface area contributed by atoms with E-state index < -0.39 is 0 Å². The summed E-state index contributed by atoms with van der Waals surface area (Å²) in [7, 11) is 0. The topological polar surface area (TPSA) is 29.1 Å². The first kappa shape index (κ1) is 16.8. The van der Waals surface area contributed by atoms with Gasteiger partial charge >= 0.3 is 0 Å². The molecular formula is C14H18BrCl2NO. The molecule has 0 saturated carbocycles. The van der Waals surface area contributed by atoms with Gasteiger partial charge in [0, 0.05) is 27.0 Å². The maximum absolute atomic E-state index is 12.2. The summed E-state index contributed by atoms with van der Waals surface area (Å²) >= 11 is 15.1. The first-order chi connectivity index (χ1) is 8.74. The number of hydrogen-bond donors (Lipinski definition) is 1. The minimum atomic E-state index is -0.131. The highest BCUT2D eigenvalue weighted by Crippen LogP contribution is 2.24. The molecule has 0 radical (unpaired) electrons. The van der Waals surface area contributed by atoms with Crippen molar-refractivity contribution in [2.75, 3.05) is 5.88 Å². The van der Waals surface area contributed by atoms with Crippen molar-refractivity contribution in [3.05, 3.63) is 33.3 Å². The largest absolute Gasteiger partial charge is 0.349 e. The molecule has 1 amide bonds. The molecule has 1 aromatic rings. The standard InChI is InChI=1S/C14H18BrCl2NO/c1-14(2,3)12(4-5-16)18-13(19)9-6-10(15)8-11(17)7-9/h6-8,12H,4-5H2,1-3H3,(H,18,19). The third kappa shape index (κ3) is 5.33. The third-order valence-electron chi connectivity index (χ3n) is 2.87. The number of carbonyl (C=O) groups excluding carboxylic acids is 1. The van der Waals surface area contributed by atoms with E-state index in [0.717, 1.165) is 10.9 Å². The number of amides is 1. The number of rotatable bonds is 4. The summed E-state index contributed by atoms with van der Waals surface area (Å²) in [6.45, 7) is 6.25.